The first-order chi connectivity index (χ1) is 5.74. The molecule has 0 saturated heterocycles. The molecule has 1 aromatic carbocycles. The predicted octanol–water partition coefficient (Wildman–Crippen LogP) is 2.48. The molecule has 1 aromatic rings. The number of hydrogen-bond donors (Lipinski definition) is 0. The van der Waals surface area contributed by atoms with E-state index in [1.165, 1.54) is 6.47 Å². The van der Waals surface area contributed by atoms with Crippen molar-refractivity contribution in [3.63, 3.8) is 0 Å². The molecule has 1 unspecified atom stereocenters. The number of ether oxygens (including phenoxy) is 1. The molecular formula is C9H8ClO2. The molecule has 63 valence electrons. The summed E-state index contributed by atoms with van der Waals surface area (Å²) < 4.78 is 4.62. The molecular weight excluding hydrogens is 176 g/mol. The minimum absolute atomic E-state index is 0.291. The van der Waals surface area contributed by atoms with E-state index in [0.29, 0.717) is 5.02 Å². The molecule has 0 aliphatic rings. The Balaban J connectivity index is 2.80. The first kappa shape index (κ1) is 9.07. The second-order valence-electron chi connectivity index (χ2n) is 2.40. The summed E-state index contributed by atoms with van der Waals surface area (Å²) in [5, 5.41) is 0.633. The summed E-state index contributed by atoms with van der Waals surface area (Å²) in [6.07, 6.45) is -0.291. The molecule has 1 radical (unpaired) electrons. The minimum atomic E-state index is -0.291. The first-order valence-corrected chi connectivity index (χ1v) is 3.90. The highest BCUT2D eigenvalue weighted by molar-refractivity contribution is 6.30. The van der Waals surface area contributed by atoms with Crippen LogP contribution < -0.4 is 0 Å². The van der Waals surface area contributed by atoms with Crippen LogP contribution in [0.4, 0.5) is 0 Å². The lowest BCUT2D eigenvalue weighted by Gasteiger charge is -2.08. The molecule has 0 bridgehead atoms. The zero-order valence-corrected chi connectivity index (χ0v) is 7.34. The molecule has 2 nitrogen and oxygen atoms in total. The van der Waals surface area contributed by atoms with E-state index in [4.69, 9.17) is 11.6 Å². The Morgan fingerprint density at radius 3 is 2.92 bits per heavy atom. The van der Waals surface area contributed by atoms with Crippen molar-refractivity contribution in [2.75, 3.05) is 0 Å². The van der Waals surface area contributed by atoms with E-state index in [0.717, 1.165) is 5.56 Å². The van der Waals surface area contributed by atoms with E-state index in [2.05, 4.69) is 4.74 Å². The van der Waals surface area contributed by atoms with Gasteiger partial charge in [0.1, 0.15) is 6.10 Å². The minimum Gasteiger partial charge on any atom is -0.449 e. The van der Waals surface area contributed by atoms with Gasteiger partial charge in [0.15, 0.2) is 0 Å². The van der Waals surface area contributed by atoms with Gasteiger partial charge >= 0.3 is 6.47 Å². The van der Waals surface area contributed by atoms with Crippen LogP contribution >= 0.6 is 11.6 Å². The summed E-state index contributed by atoms with van der Waals surface area (Å²) in [6, 6.07) is 7.17. The Bertz CT molecular complexity index is 273. The van der Waals surface area contributed by atoms with Crippen LogP contribution in [0.25, 0.3) is 0 Å². The maximum atomic E-state index is 9.89. The summed E-state index contributed by atoms with van der Waals surface area (Å²) in [5.41, 5.74) is 0.867. The Morgan fingerprint density at radius 2 is 2.33 bits per heavy atom. The van der Waals surface area contributed by atoms with Gasteiger partial charge in [-0.15, -0.1) is 0 Å². The van der Waals surface area contributed by atoms with Gasteiger partial charge in [-0.25, -0.2) is 4.79 Å². The van der Waals surface area contributed by atoms with E-state index in [9.17, 15) is 4.79 Å². The Morgan fingerprint density at radius 1 is 1.58 bits per heavy atom. The molecule has 12 heavy (non-hydrogen) atoms. The van der Waals surface area contributed by atoms with Crippen molar-refractivity contribution in [1.82, 2.24) is 0 Å². The molecule has 0 N–H and O–H groups in total. The third kappa shape index (κ3) is 2.24. The fourth-order valence-electron chi connectivity index (χ4n) is 0.900. The van der Waals surface area contributed by atoms with Gasteiger partial charge < -0.3 is 4.74 Å². The van der Waals surface area contributed by atoms with Crippen LogP contribution in [0.1, 0.15) is 18.6 Å². The summed E-state index contributed by atoms with van der Waals surface area (Å²) in [6.45, 7) is 3.15. The molecule has 1 atom stereocenters. The number of carbonyl (C=O) groups excluding carboxylic acids is 1. The Hall–Kier alpha value is -1.02. The molecule has 0 fully saturated rings. The topological polar surface area (TPSA) is 26.3 Å². The van der Waals surface area contributed by atoms with Gasteiger partial charge in [-0.05, 0) is 24.6 Å². The van der Waals surface area contributed by atoms with Gasteiger partial charge in [-0.1, -0.05) is 23.7 Å². The smallest absolute Gasteiger partial charge is 0.418 e. The summed E-state index contributed by atoms with van der Waals surface area (Å²) in [5.74, 6) is 0. The number of hydrogen-bond acceptors (Lipinski definition) is 2. The third-order valence-electron chi connectivity index (χ3n) is 1.54. The van der Waals surface area contributed by atoms with E-state index in [1.54, 1.807) is 19.1 Å². The summed E-state index contributed by atoms with van der Waals surface area (Å²) in [4.78, 5) is 9.89. The zero-order valence-electron chi connectivity index (χ0n) is 6.58. The molecule has 0 saturated carbocycles. The molecule has 0 spiro atoms. The lowest BCUT2D eigenvalue weighted by Crippen LogP contribution is -1.97. The highest BCUT2D eigenvalue weighted by atomic mass is 35.5. The van der Waals surface area contributed by atoms with Crippen molar-refractivity contribution in [3.8, 4) is 0 Å². The number of benzene rings is 1. The molecule has 1 rings (SSSR count). The maximum Gasteiger partial charge on any atom is 0.418 e. The lowest BCUT2D eigenvalue weighted by atomic mass is 10.1. The zero-order chi connectivity index (χ0) is 8.97. The van der Waals surface area contributed by atoms with Gasteiger partial charge in [0.05, 0.1) is 0 Å². The maximum absolute atomic E-state index is 9.89. The Labute approximate surface area is 76.1 Å². The van der Waals surface area contributed by atoms with Crippen LogP contribution in [-0.2, 0) is 9.53 Å². The van der Waals surface area contributed by atoms with Crippen LogP contribution in [0.5, 0.6) is 0 Å². The molecule has 0 aliphatic carbocycles. The highest BCUT2D eigenvalue weighted by Crippen LogP contribution is 2.19. The second-order valence-corrected chi connectivity index (χ2v) is 2.83. The SMILES string of the molecule is CC(O[C]=O)c1cccc(Cl)c1. The number of halogens is 1. The van der Waals surface area contributed by atoms with Gasteiger partial charge in [0, 0.05) is 5.02 Å². The van der Waals surface area contributed by atoms with Crippen molar-refractivity contribution < 1.29 is 9.53 Å². The van der Waals surface area contributed by atoms with Crippen LogP contribution in [0.15, 0.2) is 24.3 Å². The predicted molar refractivity (Wildman–Crippen MR) is 46.6 cm³/mol. The standard InChI is InChI=1S/C9H8ClO2/c1-7(12-6-11)8-3-2-4-9(10)5-8/h2-5,7H,1H3. The molecule has 0 aromatic heterocycles. The van der Waals surface area contributed by atoms with Crippen LogP contribution in [0.2, 0.25) is 5.02 Å². The normalized spacial score (nSPS) is 12.2. The quantitative estimate of drug-likeness (QED) is 0.720. The van der Waals surface area contributed by atoms with Crippen LogP contribution in [0, 0.1) is 0 Å². The second kappa shape index (κ2) is 4.12. The van der Waals surface area contributed by atoms with Crippen molar-refractivity contribution in [2.24, 2.45) is 0 Å². The summed E-state index contributed by atoms with van der Waals surface area (Å²) >= 11 is 5.73. The molecule has 3 heteroatoms. The van der Waals surface area contributed by atoms with E-state index >= 15 is 0 Å². The van der Waals surface area contributed by atoms with E-state index < -0.39 is 0 Å². The van der Waals surface area contributed by atoms with Gasteiger partial charge in [0.2, 0.25) is 0 Å². The van der Waals surface area contributed by atoms with Crippen molar-refractivity contribution in [3.05, 3.63) is 34.9 Å². The van der Waals surface area contributed by atoms with Gasteiger partial charge in [0.25, 0.3) is 0 Å². The average molecular weight is 184 g/mol. The fraction of sp³-hybridized carbons (Fsp3) is 0.222. The van der Waals surface area contributed by atoms with Crippen LogP contribution in [-0.4, -0.2) is 6.47 Å². The van der Waals surface area contributed by atoms with Crippen molar-refractivity contribution >= 4 is 18.1 Å². The average Bonchev–Trinajstić information content (AvgIpc) is 2.05. The van der Waals surface area contributed by atoms with E-state index in [-0.39, 0.29) is 6.10 Å². The highest BCUT2D eigenvalue weighted by Gasteiger charge is 2.05. The van der Waals surface area contributed by atoms with Gasteiger partial charge in [-0.3, -0.25) is 0 Å². The lowest BCUT2D eigenvalue weighted by molar-refractivity contribution is 0.198. The first-order valence-electron chi connectivity index (χ1n) is 3.52. The van der Waals surface area contributed by atoms with Crippen molar-refractivity contribution in [1.29, 1.82) is 0 Å². The van der Waals surface area contributed by atoms with Gasteiger partial charge in [-0.2, -0.15) is 0 Å². The van der Waals surface area contributed by atoms with Crippen LogP contribution in [0.3, 0.4) is 0 Å². The number of rotatable bonds is 3. The summed E-state index contributed by atoms with van der Waals surface area (Å²) in [7, 11) is 0. The molecule has 0 aliphatic heterocycles. The largest absolute Gasteiger partial charge is 0.449 e. The molecule has 0 heterocycles. The molecule has 0 amide bonds. The Kier molecular flexibility index (Phi) is 3.11. The van der Waals surface area contributed by atoms with E-state index in [1.807, 2.05) is 12.1 Å². The monoisotopic (exact) mass is 183 g/mol. The van der Waals surface area contributed by atoms with Crippen molar-refractivity contribution in [2.45, 2.75) is 13.0 Å². The fourth-order valence-corrected chi connectivity index (χ4v) is 1.10. The third-order valence-corrected chi connectivity index (χ3v) is 1.78.